The van der Waals surface area contributed by atoms with E-state index in [1.807, 2.05) is 19.1 Å². The van der Waals surface area contributed by atoms with Gasteiger partial charge >= 0.3 is 7.12 Å². The summed E-state index contributed by atoms with van der Waals surface area (Å²) in [6, 6.07) is 3.88. The number of hydrogen-bond acceptors (Lipinski definition) is 3. The molecule has 0 spiro atoms. The van der Waals surface area contributed by atoms with Crippen molar-refractivity contribution in [2.24, 2.45) is 0 Å². The molecule has 2 rings (SSSR count). The monoisotopic (exact) mass is 203 g/mol. The number of allylic oxidation sites excluding steroid dienone is 2. The molecule has 78 valence electrons. The number of rotatable bonds is 2. The molecule has 1 aromatic rings. The first-order valence-corrected chi connectivity index (χ1v) is 5.20. The van der Waals surface area contributed by atoms with Crippen molar-refractivity contribution in [3.05, 3.63) is 35.1 Å². The number of pyridine rings is 1. The van der Waals surface area contributed by atoms with Crippen LogP contribution in [0.15, 0.2) is 23.8 Å². The standard InChI is InChI=1S/C11H14BNO2/c1-8-9(5-3-7-13-8)10-4-2-6-11(10)12(14)15/h3,5,7,14-15H,2,4,6H2,1H3. The second-order valence-corrected chi connectivity index (χ2v) is 3.87. The number of hydrogen-bond donors (Lipinski definition) is 2. The van der Waals surface area contributed by atoms with E-state index in [-0.39, 0.29) is 0 Å². The minimum Gasteiger partial charge on any atom is -0.423 e. The van der Waals surface area contributed by atoms with Gasteiger partial charge in [0.1, 0.15) is 0 Å². The Kier molecular flexibility index (Phi) is 2.89. The van der Waals surface area contributed by atoms with E-state index in [9.17, 15) is 10.0 Å². The van der Waals surface area contributed by atoms with E-state index in [1.165, 1.54) is 0 Å². The molecule has 0 radical (unpaired) electrons. The molecule has 15 heavy (non-hydrogen) atoms. The van der Waals surface area contributed by atoms with Crippen molar-refractivity contribution >= 4 is 12.7 Å². The third kappa shape index (κ3) is 1.96. The van der Waals surface area contributed by atoms with Crippen LogP contribution in [-0.4, -0.2) is 22.2 Å². The van der Waals surface area contributed by atoms with E-state index in [0.717, 1.165) is 41.6 Å². The Morgan fingerprint density at radius 2 is 2.13 bits per heavy atom. The third-order valence-electron chi connectivity index (χ3n) is 2.90. The van der Waals surface area contributed by atoms with Crippen molar-refractivity contribution in [1.29, 1.82) is 0 Å². The number of aromatic nitrogens is 1. The van der Waals surface area contributed by atoms with Crippen molar-refractivity contribution in [3.63, 3.8) is 0 Å². The normalized spacial score (nSPS) is 15.9. The summed E-state index contributed by atoms with van der Waals surface area (Å²) >= 11 is 0. The van der Waals surface area contributed by atoms with Crippen molar-refractivity contribution in [2.45, 2.75) is 26.2 Å². The van der Waals surface area contributed by atoms with Gasteiger partial charge in [-0.05, 0) is 48.9 Å². The van der Waals surface area contributed by atoms with E-state index >= 15 is 0 Å². The lowest BCUT2D eigenvalue weighted by Crippen LogP contribution is -2.15. The van der Waals surface area contributed by atoms with Crippen LogP contribution in [0.5, 0.6) is 0 Å². The van der Waals surface area contributed by atoms with Gasteiger partial charge < -0.3 is 10.0 Å². The summed E-state index contributed by atoms with van der Waals surface area (Å²) in [6.07, 6.45) is 4.45. The molecule has 1 aromatic heterocycles. The highest BCUT2D eigenvalue weighted by Crippen LogP contribution is 2.34. The van der Waals surface area contributed by atoms with Gasteiger partial charge in [-0.2, -0.15) is 0 Å². The van der Waals surface area contributed by atoms with Crippen LogP contribution in [-0.2, 0) is 0 Å². The van der Waals surface area contributed by atoms with E-state index < -0.39 is 7.12 Å². The Bertz CT molecular complexity index is 401. The van der Waals surface area contributed by atoms with E-state index in [0.29, 0.717) is 0 Å². The van der Waals surface area contributed by atoms with Crippen LogP contribution in [0, 0.1) is 6.92 Å². The lowest BCUT2D eigenvalue weighted by atomic mass is 9.75. The molecule has 0 fully saturated rings. The van der Waals surface area contributed by atoms with Gasteiger partial charge in [-0.15, -0.1) is 0 Å². The summed E-state index contributed by atoms with van der Waals surface area (Å²) in [5, 5.41) is 18.5. The number of nitrogens with zero attached hydrogens (tertiary/aromatic N) is 1. The Balaban J connectivity index is 2.46. The first-order chi connectivity index (χ1) is 7.20. The zero-order valence-electron chi connectivity index (χ0n) is 8.77. The highest BCUT2D eigenvalue weighted by atomic mass is 16.4. The van der Waals surface area contributed by atoms with E-state index in [1.54, 1.807) is 6.20 Å². The molecule has 0 saturated heterocycles. The Labute approximate surface area is 89.6 Å². The molecule has 0 saturated carbocycles. The summed E-state index contributed by atoms with van der Waals surface area (Å²) in [4.78, 5) is 4.22. The minimum atomic E-state index is -1.32. The minimum absolute atomic E-state index is 0.756. The Morgan fingerprint density at radius 1 is 1.33 bits per heavy atom. The molecular formula is C11H14BNO2. The second kappa shape index (κ2) is 4.17. The predicted octanol–water partition coefficient (Wildman–Crippen LogP) is 1.34. The first-order valence-electron chi connectivity index (χ1n) is 5.20. The van der Waals surface area contributed by atoms with Crippen LogP contribution < -0.4 is 0 Å². The Morgan fingerprint density at radius 3 is 2.80 bits per heavy atom. The highest BCUT2D eigenvalue weighted by Gasteiger charge is 2.25. The molecule has 0 amide bonds. The SMILES string of the molecule is Cc1ncccc1C1=C(B(O)O)CCC1. The van der Waals surface area contributed by atoms with E-state index in [2.05, 4.69) is 4.98 Å². The van der Waals surface area contributed by atoms with Gasteiger partial charge in [0, 0.05) is 11.9 Å². The summed E-state index contributed by atoms with van der Waals surface area (Å²) in [5.41, 5.74) is 3.83. The molecule has 2 N–H and O–H groups in total. The van der Waals surface area contributed by atoms with Crippen molar-refractivity contribution < 1.29 is 10.0 Å². The molecule has 1 aliphatic rings. The maximum atomic E-state index is 9.25. The molecule has 0 bridgehead atoms. The quantitative estimate of drug-likeness (QED) is 0.713. The lowest BCUT2D eigenvalue weighted by Gasteiger charge is -2.08. The van der Waals surface area contributed by atoms with Crippen molar-refractivity contribution in [3.8, 4) is 0 Å². The molecule has 4 heteroatoms. The van der Waals surface area contributed by atoms with Crippen LogP contribution in [0.2, 0.25) is 0 Å². The fraction of sp³-hybridized carbons (Fsp3) is 0.364. The summed E-state index contributed by atoms with van der Waals surface area (Å²) in [6.45, 7) is 1.95. The van der Waals surface area contributed by atoms with Crippen LogP contribution >= 0.6 is 0 Å². The summed E-state index contributed by atoms with van der Waals surface area (Å²) in [5.74, 6) is 0. The molecule has 0 aromatic carbocycles. The van der Waals surface area contributed by atoms with Gasteiger partial charge in [0.2, 0.25) is 0 Å². The average Bonchev–Trinajstić information content (AvgIpc) is 2.67. The van der Waals surface area contributed by atoms with Gasteiger partial charge in [-0.1, -0.05) is 6.07 Å². The maximum Gasteiger partial charge on any atom is 0.484 e. The van der Waals surface area contributed by atoms with Gasteiger partial charge in [-0.3, -0.25) is 4.98 Å². The van der Waals surface area contributed by atoms with E-state index in [4.69, 9.17) is 0 Å². The molecule has 1 aliphatic carbocycles. The average molecular weight is 203 g/mol. The van der Waals surface area contributed by atoms with Crippen molar-refractivity contribution in [1.82, 2.24) is 4.98 Å². The molecule has 0 aliphatic heterocycles. The van der Waals surface area contributed by atoms with Gasteiger partial charge in [-0.25, -0.2) is 0 Å². The fourth-order valence-corrected chi connectivity index (χ4v) is 2.16. The molecule has 0 atom stereocenters. The largest absolute Gasteiger partial charge is 0.484 e. The highest BCUT2D eigenvalue weighted by molar-refractivity contribution is 6.52. The molecule has 3 nitrogen and oxygen atoms in total. The lowest BCUT2D eigenvalue weighted by molar-refractivity contribution is 0.417. The predicted molar refractivity (Wildman–Crippen MR) is 59.9 cm³/mol. The van der Waals surface area contributed by atoms with Gasteiger partial charge in [0.05, 0.1) is 0 Å². The summed E-state index contributed by atoms with van der Waals surface area (Å²) in [7, 11) is -1.32. The van der Waals surface area contributed by atoms with Crippen molar-refractivity contribution in [2.75, 3.05) is 0 Å². The summed E-state index contributed by atoms with van der Waals surface area (Å²) < 4.78 is 0. The Hall–Kier alpha value is -1.13. The second-order valence-electron chi connectivity index (χ2n) is 3.87. The van der Waals surface area contributed by atoms with Crippen LogP contribution in [0.4, 0.5) is 0 Å². The molecule has 0 unspecified atom stereocenters. The maximum absolute atomic E-state index is 9.25. The molecule has 1 heterocycles. The topological polar surface area (TPSA) is 53.4 Å². The zero-order valence-corrected chi connectivity index (χ0v) is 8.77. The van der Waals surface area contributed by atoms with Gasteiger partial charge in [0.25, 0.3) is 0 Å². The van der Waals surface area contributed by atoms with Crippen LogP contribution in [0.1, 0.15) is 30.5 Å². The van der Waals surface area contributed by atoms with Crippen LogP contribution in [0.3, 0.4) is 0 Å². The third-order valence-corrected chi connectivity index (χ3v) is 2.90. The zero-order chi connectivity index (χ0) is 10.8. The number of aryl methyl sites for hydroxylation is 1. The van der Waals surface area contributed by atoms with Crippen LogP contribution in [0.25, 0.3) is 5.57 Å². The smallest absolute Gasteiger partial charge is 0.423 e. The molecular weight excluding hydrogens is 189 g/mol. The first kappa shape index (κ1) is 10.4. The van der Waals surface area contributed by atoms with Gasteiger partial charge in [0.15, 0.2) is 0 Å². The fourth-order valence-electron chi connectivity index (χ4n) is 2.16.